The molecular weight excluding hydrogens is 354 g/mol. The van der Waals surface area contributed by atoms with E-state index in [2.05, 4.69) is 16.4 Å². The van der Waals surface area contributed by atoms with Crippen LogP contribution in [0.1, 0.15) is 37.6 Å². The third kappa shape index (κ3) is 2.87. The molecule has 0 spiro atoms. The lowest BCUT2D eigenvalue weighted by atomic mass is 10.1. The van der Waals surface area contributed by atoms with Crippen LogP contribution in [0.5, 0.6) is 5.75 Å². The fraction of sp³-hybridized carbons (Fsp3) is 0.333. The number of fused-ring (bicyclic) bond motifs is 1. The fourth-order valence-corrected chi connectivity index (χ4v) is 3.35. The SMILES string of the molecule is CCCNC(=O)C1(c2nc3c(OC)ccc(-c4cccc(C#N)c4)n3n2)CC1. The second-order valence-electron chi connectivity index (χ2n) is 6.99. The molecule has 4 rings (SSSR count). The first-order chi connectivity index (χ1) is 13.6. The van der Waals surface area contributed by atoms with Crippen LogP contribution < -0.4 is 10.1 Å². The Balaban J connectivity index is 1.84. The Morgan fingerprint density at radius 1 is 1.36 bits per heavy atom. The predicted octanol–water partition coefficient (Wildman–Crippen LogP) is 2.83. The smallest absolute Gasteiger partial charge is 0.233 e. The normalized spacial score (nSPS) is 14.5. The molecule has 28 heavy (non-hydrogen) atoms. The van der Waals surface area contributed by atoms with Crippen LogP contribution in [0.2, 0.25) is 0 Å². The first-order valence-corrected chi connectivity index (χ1v) is 9.36. The molecule has 142 valence electrons. The number of aromatic nitrogens is 3. The van der Waals surface area contributed by atoms with Crippen molar-refractivity contribution < 1.29 is 9.53 Å². The van der Waals surface area contributed by atoms with E-state index in [1.54, 1.807) is 17.7 Å². The van der Waals surface area contributed by atoms with Crippen molar-refractivity contribution in [2.75, 3.05) is 13.7 Å². The molecule has 0 unspecified atom stereocenters. The summed E-state index contributed by atoms with van der Waals surface area (Å²) in [6.45, 7) is 2.67. The van der Waals surface area contributed by atoms with Crippen LogP contribution in [0.4, 0.5) is 0 Å². The van der Waals surface area contributed by atoms with E-state index < -0.39 is 5.41 Å². The second-order valence-corrected chi connectivity index (χ2v) is 6.99. The molecular formula is C21H21N5O2. The molecule has 7 nitrogen and oxygen atoms in total. The monoisotopic (exact) mass is 375 g/mol. The number of hydrogen-bond donors (Lipinski definition) is 1. The zero-order chi connectivity index (χ0) is 19.7. The van der Waals surface area contributed by atoms with Gasteiger partial charge in [0.25, 0.3) is 0 Å². The van der Waals surface area contributed by atoms with Crippen LogP contribution in [0.15, 0.2) is 36.4 Å². The molecule has 0 radical (unpaired) electrons. The van der Waals surface area contributed by atoms with E-state index in [4.69, 9.17) is 9.84 Å². The zero-order valence-electron chi connectivity index (χ0n) is 15.9. The summed E-state index contributed by atoms with van der Waals surface area (Å²) in [5.41, 5.74) is 2.11. The number of carbonyl (C=O) groups excluding carboxylic acids is 1. The van der Waals surface area contributed by atoms with Crippen molar-refractivity contribution >= 4 is 11.6 Å². The summed E-state index contributed by atoms with van der Waals surface area (Å²) in [7, 11) is 1.58. The molecule has 3 aromatic rings. The molecule has 0 saturated heterocycles. The maximum absolute atomic E-state index is 12.7. The van der Waals surface area contributed by atoms with Crippen molar-refractivity contribution in [3.63, 3.8) is 0 Å². The van der Waals surface area contributed by atoms with Gasteiger partial charge in [0.1, 0.15) is 5.41 Å². The minimum absolute atomic E-state index is 0.0164. The van der Waals surface area contributed by atoms with Crippen LogP contribution in [0, 0.1) is 11.3 Å². The van der Waals surface area contributed by atoms with Gasteiger partial charge in [-0.1, -0.05) is 19.1 Å². The number of nitrogens with one attached hydrogen (secondary N) is 1. The van der Waals surface area contributed by atoms with Crippen molar-refractivity contribution in [3.8, 4) is 23.1 Å². The van der Waals surface area contributed by atoms with Crippen molar-refractivity contribution in [2.45, 2.75) is 31.6 Å². The lowest BCUT2D eigenvalue weighted by Gasteiger charge is -2.11. The highest BCUT2D eigenvalue weighted by molar-refractivity contribution is 5.90. The highest BCUT2D eigenvalue weighted by Gasteiger charge is 2.54. The van der Waals surface area contributed by atoms with E-state index in [0.29, 0.717) is 29.3 Å². The molecule has 2 heterocycles. The molecule has 0 bridgehead atoms. The third-order valence-electron chi connectivity index (χ3n) is 5.10. The van der Waals surface area contributed by atoms with Crippen molar-refractivity contribution in [1.29, 1.82) is 5.26 Å². The summed E-state index contributed by atoms with van der Waals surface area (Å²) in [5, 5.41) is 16.9. The molecule has 1 aromatic carbocycles. The average molecular weight is 375 g/mol. The molecule has 1 fully saturated rings. The van der Waals surface area contributed by atoms with Crippen LogP contribution in [0.25, 0.3) is 16.9 Å². The van der Waals surface area contributed by atoms with Gasteiger partial charge in [0.05, 0.1) is 24.4 Å². The van der Waals surface area contributed by atoms with Gasteiger partial charge >= 0.3 is 0 Å². The van der Waals surface area contributed by atoms with Gasteiger partial charge in [0, 0.05) is 12.1 Å². The van der Waals surface area contributed by atoms with Gasteiger partial charge < -0.3 is 10.1 Å². The lowest BCUT2D eigenvalue weighted by Crippen LogP contribution is -2.35. The molecule has 1 aliphatic rings. The van der Waals surface area contributed by atoms with E-state index in [9.17, 15) is 10.1 Å². The molecule has 1 amide bonds. The van der Waals surface area contributed by atoms with E-state index in [-0.39, 0.29) is 5.91 Å². The first-order valence-electron chi connectivity index (χ1n) is 9.36. The minimum Gasteiger partial charge on any atom is -0.493 e. The Morgan fingerprint density at radius 2 is 2.18 bits per heavy atom. The van der Waals surface area contributed by atoms with Gasteiger partial charge in [-0.15, -0.1) is 5.10 Å². The Hall–Kier alpha value is -3.40. The number of hydrogen-bond acceptors (Lipinski definition) is 5. The predicted molar refractivity (Wildman–Crippen MR) is 104 cm³/mol. The van der Waals surface area contributed by atoms with Crippen molar-refractivity contribution in [1.82, 2.24) is 19.9 Å². The number of nitriles is 1. The number of pyridine rings is 1. The van der Waals surface area contributed by atoms with Gasteiger partial charge in [-0.05, 0) is 43.5 Å². The Bertz CT molecular complexity index is 1090. The van der Waals surface area contributed by atoms with Crippen LogP contribution in [0.3, 0.4) is 0 Å². The van der Waals surface area contributed by atoms with E-state index in [1.807, 2.05) is 37.3 Å². The number of methoxy groups -OCH3 is 1. The number of carbonyl (C=O) groups is 1. The standard InChI is InChI=1S/C21H21N5O2/c1-3-11-23-20(27)21(9-10-21)19-24-18-17(28-2)8-7-16(26(18)25-19)15-6-4-5-14(12-15)13-22/h4-8,12H,3,9-11H2,1-2H3,(H,23,27). The van der Waals surface area contributed by atoms with Gasteiger partial charge in [0.2, 0.25) is 5.91 Å². The number of nitrogens with zero attached hydrogens (tertiary/aromatic N) is 4. The number of ether oxygens (including phenoxy) is 1. The summed E-state index contributed by atoms with van der Waals surface area (Å²) < 4.78 is 7.16. The lowest BCUT2D eigenvalue weighted by molar-refractivity contribution is -0.123. The van der Waals surface area contributed by atoms with E-state index >= 15 is 0 Å². The molecule has 1 saturated carbocycles. The second kappa shape index (κ2) is 6.97. The Labute approximate surface area is 163 Å². The summed E-state index contributed by atoms with van der Waals surface area (Å²) in [6.07, 6.45) is 2.36. The summed E-state index contributed by atoms with van der Waals surface area (Å²) in [5.74, 6) is 1.09. The Morgan fingerprint density at radius 3 is 2.86 bits per heavy atom. The quantitative estimate of drug-likeness (QED) is 0.715. The first kappa shape index (κ1) is 18.0. The average Bonchev–Trinajstić information content (AvgIpc) is 3.43. The number of benzene rings is 1. The number of amides is 1. The van der Waals surface area contributed by atoms with Gasteiger partial charge in [0.15, 0.2) is 17.2 Å². The molecule has 0 aliphatic heterocycles. The molecule has 0 atom stereocenters. The highest BCUT2D eigenvalue weighted by Crippen LogP contribution is 2.47. The summed E-state index contributed by atoms with van der Waals surface area (Å²) in [6, 6.07) is 13.2. The van der Waals surface area contributed by atoms with Crippen molar-refractivity contribution in [3.05, 3.63) is 47.8 Å². The maximum atomic E-state index is 12.7. The Kier molecular flexibility index (Phi) is 4.47. The van der Waals surface area contributed by atoms with Crippen LogP contribution in [-0.2, 0) is 10.2 Å². The van der Waals surface area contributed by atoms with Crippen molar-refractivity contribution in [2.24, 2.45) is 0 Å². The molecule has 1 N–H and O–H groups in total. The van der Waals surface area contributed by atoms with E-state index in [1.165, 1.54) is 0 Å². The van der Waals surface area contributed by atoms with Gasteiger partial charge in [-0.3, -0.25) is 4.79 Å². The van der Waals surface area contributed by atoms with Crippen LogP contribution >= 0.6 is 0 Å². The molecule has 1 aliphatic carbocycles. The topological polar surface area (TPSA) is 92.3 Å². The zero-order valence-corrected chi connectivity index (χ0v) is 15.9. The third-order valence-corrected chi connectivity index (χ3v) is 5.10. The minimum atomic E-state index is -0.655. The summed E-state index contributed by atoms with van der Waals surface area (Å²) >= 11 is 0. The maximum Gasteiger partial charge on any atom is 0.233 e. The number of rotatable bonds is 6. The van der Waals surface area contributed by atoms with Gasteiger partial charge in [-0.25, -0.2) is 9.50 Å². The van der Waals surface area contributed by atoms with Crippen LogP contribution in [-0.4, -0.2) is 34.2 Å². The largest absolute Gasteiger partial charge is 0.493 e. The van der Waals surface area contributed by atoms with E-state index in [0.717, 1.165) is 30.5 Å². The fourth-order valence-electron chi connectivity index (χ4n) is 3.35. The highest BCUT2D eigenvalue weighted by atomic mass is 16.5. The molecule has 7 heteroatoms. The molecule has 2 aromatic heterocycles. The summed E-state index contributed by atoms with van der Waals surface area (Å²) in [4.78, 5) is 17.4. The van der Waals surface area contributed by atoms with Gasteiger partial charge in [-0.2, -0.15) is 5.26 Å².